The molecule has 0 N–H and O–H groups in total. The van der Waals surface area contributed by atoms with Crippen LogP contribution in [0.25, 0.3) is 0 Å². The monoisotopic (exact) mass is 280 g/mol. The van der Waals surface area contributed by atoms with Gasteiger partial charge in [0.15, 0.2) is 6.10 Å². The Labute approximate surface area is 116 Å². The lowest BCUT2D eigenvalue weighted by atomic mass is 10.2. The fourth-order valence-corrected chi connectivity index (χ4v) is 2.07. The van der Waals surface area contributed by atoms with Gasteiger partial charge in [-0.25, -0.2) is 4.39 Å². The maximum Gasteiger partial charge on any atom is 0.263 e. The van der Waals surface area contributed by atoms with Crippen molar-refractivity contribution in [2.75, 3.05) is 26.2 Å². The Hall–Kier alpha value is -2.11. The normalized spacial score (nSPS) is 16.7. The zero-order valence-corrected chi connectivity index (χ0v) is 11.3. The summed E-state index contributed by atoms with van der Waals surface area (Å²) in [4.78, 5) is 26.1. The Morgan fingerprint density at radius 2 is 1.85 bits per heavy atom. The largest absolute Gasteiger partial charge is 0.481 e. The van der Waals surface area contributed by atoms with E-state index in [1.54, 1.807) is 16.7 Å². The molecule has 5 nitrogen and oxygen atoms in total. The molecule has 1 heterocycles. The zero-order chi connectivity index (χ0) is 14.5. The minimum absolute atomic E-state index is 0.125. The second-order valence-corrected chi connectivity index (χ2v) is 4.68. The summed E-state index contributed by atoms with van der Waals surface area (Å²) >= 11 is 0. The first-order valence-corrected chi connectivity index (χ1v) is 6.50. The molecule has 1 aromatic rings. The maximum atomic E-state index is 12.8. The van der Waals surface area contributed by atoms with E-state index < -0.39 is 6.10 Å². The predicted molar refractivity (Wildman–Crippen MR) is 70.7 cm³/mol. The molecule has 0 spiro atoms. The van der Waals surface area contributed by atoms with E-state index in [2.05, 4.69) is 0 Å². The van der Waals surface area contributed by atoms with Gasteiger partial charge in [-0.05, 0) is 31.2 Å². The lowest BCUT2D eigenvalue weighted by molar-refractivity contribution is -0.141. The van der Waals surface area contributed by atoms with E-state index in [1.165, 1.54) is 24.3 Å². The first kappa shape index (κ1) is 14.3. The number of nitrogens with zero attached hydrogens (tertiary/aromatic N) is 2. The lowest BCUT2D eigenvalue weighted by Gasteiger charge is -2.33. The molecule has 2 rings (SSSR count). The van der Waals surface area contributed by atoms with Crippen LogP contribution >= 0.6 is 0 Å². The van der Waals surface area contributed by atoms with Gasteiger partial charge in [-0.2, -0.15) is 0 Å². The molecule has 0 unspecified atom stereocenters. The number of ether oxygens (including phenoxy) is 1. The highest BCUT2D eigenvalue weighted by molar-refractivity contribution is 5.81. The molecule has 0 aliphatic carbocycles. The van der Waals surface area contributed by atoms with Crippen molar-refractivity contribution in [1.82, 2.24) is 9.80 Å². The Balaban J connectivity index is 1.89. The highest BCUT2D eigenvalue weighted by Crippen LogP contribution is 2.14. The number of rotatable bonds is 4. The van der Waals surface area contributed by atoms with Crippen molar-refractivity contribution < 1.29 is 18.7 Å². The molecule has 1 atom stereocenters. The molecule has 1 aromatic carbocycles. The molecule has 0 bridgehead atoms. The third-order valence-corrected chi connectivity index (χ3v) is 3.25. The summed E-state index contributed by atoms with van der Waals surface area (Å²) in [6, 6.07) is 5.55. The second kappa shape index (κ2) is 6.36. The Kier molecular flexibility index (Phi) is 4.55. The summed E-state index contributed by atoms with van der Waals surface area (Å²) in [5.74, 6) is -0.0139. The van der Waals surface area contributed by atoms with Gasteiger partial charge in [-0.3, -0.25) is 9.59 Å². The summed E-state index contributed by atoms with van der Waals surface area (Å²) in [5.41, 5.74) is 0. The number of carbonyl (C=O) groups is 2. The molecule has 0 radical (unpaired) electrons. The molecule has 2 amide bonds. The van der Waals surface area contributed by atoms with Gasteiger partial charge in [0.25, 0.3) is 5.91 Å². The smallest absolute Gasteiger partial charge is 0.263 e. The van der Waals surface area contributed by atoms with Crippen molar-refractivity contribution in [2.24, 2.45) is 0 Å². The van der Waals surface area contributed by atoms with Gasteiger partial charge in [0, 0.05) is 26.2 Å². The molecular weight excluding hydrogens is 263 g/mol. The SMILES string of the molecule is C[C@H](Oc1ccc(F)cc1)C(=O)N1CCN(C=O)CC1. The molecule has 1 aliphatic rings. The number of hydrogen-bond donors (Lipinski definition) is 0. The van der Waals surface area contributed by atoms with E-state index in [-0.39, 0.29) is 11.7 Å². The Bertz CT molecular complexity index is 470. The van der Waals surface area contributed by atoms with E-state index in [0.717, 1.165) is 6.41 Å². The summed E-state index contributed by atoms with van der Waals surface area (Å²) in [6.07, 6.45) is 0.156. The number of amides is 2. The summed E-state index contributed by atoms with van der Waals surface area (Å²) in [5, 5.41) is 0. The van der Waals surface area contributed by atoms with Crippen LogP contribution < -0.4 is 4.74 Å². The topological polar surface area (TPSA) is 49.9 Å². The fraction of sp³-hybridized carbons (Fsp3) is 0.429. The maximum absolute atomic E-state index is 12.8. The van der Waals surface area contributed by atoms with Gasteiger partial charge in [0.1, 0.15) is 11.6 Å². The molecule has 0 saturated carbocycles. The summed E-state index contributed by atoms with van der Waals surface area (Å²) < 4.78 is 18.3. The van der Waals surface area contributed by atoms with E-state index in [9.17, 15) is 14.0 Å². The van der Waals surface area contributed by atoms with Crippen LogP contribution in [-0.2, 0) is 9.59 Å². The van der Waals surface area contributed by atoms with Gasteiger partial charge in [-0.1, -0.05) is 0 Å². The van der Waals surface area contributed by atoms with Crippen LogP contribution in [0.3, 0.4) is 0 Å². The van der Waals surface area contributed by atoms with Crippen LogP contribution in [0.5, 0.6) is 5.75 Å². The molecule has 1 saturated heterocycles. The van der Waals surface area contributed by atoms with Crippen LogP contribution in [-0.4, -0.2) is 54.4 Å². The third kappa shape index (κ3) is 3.46. The zero-order valence-electron chi connectivity index (χ0n) is 11.3. The average Bonchev–Trinajstić information content (AvgIpc) is 2.49. The van der Waals surface area contributed by atoms with Crippen LogP contribution in [0.4, 0.5) is 4.39 Å². The first-order valence-electron chi connectivity index (χ1n) is 6.50. The quantitative estimate of drug-likeness (QED) is 0.770. The molecule has 108 valence electrons. The number of benzene rings is 1. The predicted octanol–water partition coefficient (Wildman–Crippen LogP) is 0.894. The van der Waals surface area contributed by atoms with E-state index in [4.69, 9.17) is 4.74 Å². The minimum Gasteiger partial charge on any atom is -0.481 e. The average molecular weight is 280 g/mol. The van der Waals surface area contributed by atoms with E-state index in [1.807, 2.05) is 0 Å². The van der Waals surface area contributed by atoms with Crippen molar-refractivity contribution in [1.29, 1.82) is 0 Å². The highest BCUT2D eigenvalue weighted by atomic mass is 19.1. The van der Waals surface area contributed by atoms with Crippen molar-refractivity contribution in [2.45, 2.75) is 13.0 Å². The van der Waals surface area contributed by atoms with Gasteiger partial charge in [-0.15, -0.1) is 0 Å². The van der Waals surface area contributed by atoms with Crippen molar-refractivity contribution in [3.63, 3.8) is 0 Å². The van der Waals surface area contributed by atoms with Crippen molar-refractivity contribution in [3.8, 4) is 5.75 Å². The van der Waals surface area contributed by atoms with Gasteiger partial charge in [0.05, 0.1) is 0 Å². The van der Waals surface area contributed by atoms with Crippen LogP contribution in [0, 0.1) is 5.82 Å². The lowest BCUT2D eigenvalue weighted by Crippen LogP contribution is -2.51. The molecule has 0 aromatic heterocycles. The Morgan fingerprint density at radius 3 is 2.40 bits per heavy atom. The van der Waals surface area contributed by atoms with Gasteiger partial charge >= 0.3 is 0 Å². The fourth-order valence-electron chi connectivity index (χ4n) is 2.07. The van der Waals surface area contributed by atoms with Gasteiger partial charge < -0.3 is 14.5 Å². The second-order valence-electron chi connectivity index (χ2n) is 4.68. The van der Waals surface area contributed by atoms with Crippen LogP contribution in [0.1, 0.15) is 6.92 Å². The number of carbonyl (C=O) groups excluding carboxylic acids is 2. The summed E-state index contributed by atoms with van der Waals surface area (Å²) in [7, 11) is 0. The molecule has 1 fully saturated rings. The number of hydrogen-bond acceptors (Lipinski definition) is 3. The molecular formula is C14H17FN2O3. The van der Waals surface area contributed by atoms with Crippen LogP contribution in [0.15, 0.2) is 24.3 Å². The molecule has 6 heteroatoms. The van der Waals surface area contributed by atoms with Crippen molar-refractivity contribution >= 4 is 12.3 Å². The minimum atomic E-state index is -0.636. The van der Waals surface area contributed by atoms with Crippen LogP contribution in [0.2, 0.25) is 0 Å². The standard InChI is InChI=1S/C14H17FN2O3/c1-11(20-13-4-2-12(15)3-5-13)14(19)17-8-6-16(10-18)7-9-17/h2-5,10-11H,6-9H2,1H3/t11-/m0/s1. The molecule has 20 heavy (non-hydrogen) atoms. The highest BCUT2D eigenvalue weighted by Gasteiger charge is 2.25. The number of piperazine rings is 1. The Morgan fingerprint density at radius 1 is 1.25 bits per heavy atom. The first-order chi connectivity index (χ1) is 9.60. The van der Waals surface area contributed by atoms with Crippen molar-refractivity contribution in [3.05, 3.63) is 30.1 Å². The van der Waals surface area contributed by atoms with E-state index >= 15 is 0 Å². The number of halogens is 1. The summed E-state index contributed by atoms with van der Waals surface area (Å²) in [6.45, 7) is 3.76. The van der Waals surface area contributed by atoms with Gasteiger partial charge in [0.2, 0.25) is 6.41 Å². The van der Waals surface area contributed by atoms with E-state index in [0.29, 0.717) is 31.9 Å². The molecule has 1 aliphatic heterocycles. The third-order valence-electron chi connectivity index (χ3n) is 3.25.